The molecule has 0 atom stereocenters. The molecule has 0 aliphatic carbocycles. The molecule has 0 heterocycles. The van der Waals surface area contributed by atoms with Crippen molar-refractivity contribution in [1.29, 1.82) is 0 Å². The molecule has 0 aliphatic heterocycles. The highest BCUT2D eigenvalue weighted by Gasteiger charge is 2.22. The van der Waals surface area contributed by atoms with Crippen LogP contribution >= 0.6 is 0 Å². The molecule has 0 aromatic heterocycles. The molecule has 0 unspecified atom stereocenters. The van der Waals surface area contributed by atoms with E-state index >= 15 is 0 Å². The number of nitrogens with zero attached hydrogens (tertiary/aromatic N) is 1. The van der Waals surface area contributed by atoms with E-state index in [-0.39, 0.29) is 11.6 Å². The van der Waals surface area contributed by atoms with Crippen LogP contribution in [0.2, 0.25) is 0 Å². The van der Waals surface area contributed by atoms with E-state index in [1.54, 1.807) is 12.1 Å². The number of hydrogen-bond donors (Lipinski definition) is 3. The topological polar surface area (TPSA) is 79.9 Å². The van der Waals surface area contributed by atoms with Gasteiger partial charge in [-0.2, -0.15) is 8.78 Å². The Morgan fingerprint density at radius 3 is 2.50 bits per heavy atom. The molecule has 20 heavy (non-hydrogen) atoms. The molecule has 112 valence electrons. The van der Waals surface area contributed by atoms with Gasteiger partial charge in [-0.1, -0.05) is 19.0 Å². The first kappa shape index (κ1) is 16.0. The average Bonchev–Trinajstić information content (AvgIpc) is 2.39. The Morgan fingerprint density at radius 2 is 2.00 bits per heavy atom. The highest BCUT2D eigenvalue weighted by Crippen LogP contribution is 2.22. The summed E-state index contributed by atoms with van der Waals surface area (Å²) in [6.07, 6.45) is 0.651. The van der Waals surface area contributed by atoms with Crippen LogP contribution in [0.5, 0.6) is 5.75 Å². The predicted molar refractivity (Wildman–Crippen MR) is 73.4 cm³/mol. The number of oxime groups is 1. The van der Waals surface area contributed by atoms with Crippen molar-refractivity contribution >= 4 is 11.5 Å². The Morgan fingerprint density at radius 1 is 1.40 bits per heavy atom. The fourth-order valence-corrected chi connectivity index (χ4v) is 1.54. The molecule has 0 saturated carbocycles. The molecule has 0 spiro atoms. The zero-order valence-corrected chi connectivity index (χ0v) is 11.4. The molecule has 0 radical (unpaired) electrons. The first-order chi connectivity index (χ1) is 9.35. The standard InChI is InChI=1S/C13H19F2N3O2/c1-13(2,11(16)18-19)7-8-17-9-3-5-10(6-4-9)20-12(14)15/h3-6,12,17,19H,7-8H2,1-2H3,(H2,16,18). The lowest BCUT2D eigenvalue weighted by molar-refractivity contribution is -0.0498. The van der Waals surface area contributed by atoms with Crippen LogP contribution in [-0.2, 0) is 0 Å². The number of amidine groups is 1. The molecule has 1 rings (SSSR count). The van der Waals surface area contributed by atoms with Crippen molar-refractivity contribution in [3.63, 3.8) is 0 Å². The fraction of sp³-hybridized carbons (Fsp3) is 0.462. The number of ether oxygens (including phenoxy) is 1. The SMILES string of the molecule is CC(C)(CCNc1ccc(OC(F)F)cc1)C(N)=NO. The van der Waals surface area contributed by atoms with Crippen molar-refractivity contribution in [3.8, 4) is 5.75 Å². The summed E-state index contributed by atoms with van der Waals surface area (Å²) in [5, 5.41) is 14.8. The van der Waals surface area contributed by atoms with Gasteiger partial charge in [0.25, 0.3) is 0 Å². The van der Waals surface area contributed by atoms with Crippen LogP contribution in [0.15, 0.2) is 29.4 Å². The minimum atomic E-state index is -2.82. The Balaban J connectivity index is 2.46. The first-order valence-corrected chi connectivity index (χ1v) is 6.12. The molecule has 4 N–H and O–H groups in total. The van der Waals surface area contributed by atoms with Crippen LogP contribution < -0.4 is 15.8 Å². The number of benzene rings is 1. The molecule has 0 aliphatic rings. The summed E-state index contributed by atoms with van der Waals surface area (Å²) in [6, 6.07) is 6.22. The average molecular weight is 287 g/mol. The molecule has 7 heteroatoms. The van der Waals surface area contributed by atoms with Crippen LogP contribution in [0, 0.1) is 5.41 Å². The van der Waals surface area contributed by atoms with Crippen molar-refractivity contribution in [2.45, 2.75) is 26.9 Å². The number of nitrogens with two attached hydrogens (primary N) is 1. The maximum atomic E-state index is 12.0. The Hall–Kier alpha value is -2.05. The molecule has 1 aromatic rings. The van der Waals surface area contributed by atoms with E-state index in [2.05, 4.69) is 15.2 Å². The number of anilines is 1. The maximum Gasteiger partial charge on any atom is 0.387 e. The van der Waals surface area contributed by atoms with E-state index in [1.807, 2.05) is 13.8 Å². The van der Waals surface area contributed by atoms with Gasteiger partial charge >= 0.3 is 6.61 Å². The van der Waals surface area contributed by atoms with E-state index < -0.39 is 12.0 Å². The van der Waals surface area contributed by atoms with Gasteiger partial charge in [0, 0.05) is 17.6 Å². The van der Waals surface area contributed by atoms with Crippen molar-refractivity contribution in [1.82, 2.24) is 0 Å². The second-order valence-corrected chi connectivity index (χ2v) is 4.95. The second kappa shape index (κ2) is 6.93. The van der Waals surface area contributed by atoms with Gasteiger partial charge in [-0.15, -0.1) is 0 Å². The van der Waals surface area contributed by atoms with Gasteiger partial charge in [0.15, 0.2) is 0 Å². The maximum absolute atomic E-state index is 12.0. The normalized spacial score (nSPS) is 12.6. The fourth-order valence-electron chi connectivity index (χ4n) is 1.54. The summed E-state index contributed by atoms with van der Waals surface area (Å²) in [6.45, 7) is 1.50. The van der Waals surface area contributed by atoms with Crippen molar-refractivity contribution in [2.75, 3.05) is 11.9 Å². The lowest BCUT2D eigenvalue weighted by Gasteiger charge is -2.23. The minimum absolute atomic E-state index is 0.113. The molecule has 0 bridgehead atoms. The highest BCUT2D eigenvalue weighted by atomic mass is 19.3. The highest BCUT2D eigenvalue weighted by molar-refractivity contribution is 5.85. The summed E-state index contributed by atoms with van der Waals surface area (Å²) < 4.78 is 28.2. The number of hydrogen-bond acceptors (Lipinski definition) is 4. The number of nitrogens with one attached hydrogen (secondary N) is 1. The third-order valence-corrected chi connectivity index (χ3v) is 2.96. The predicted octanol–water partition coefficient (Wildman–Crippen LogP) is 2.86. The van der Waals surface area contributed by atoms with Crippen molar-refractivity contribution in [2.24, 2.45) is 16.3 Å². The van der Waals surface area contributed by atoms with E-state index in [0.29, 0.717) is 13.0 Å². The van der Waals surface area contributed by atoms with Crippen LogP contribution in [0.25, 0.3) is 0 Å². The number of halogens is 2. The van der Waals surface area contributed by atoms with Gasteiger partial charge in [-0.05, 0) is 30.7 Å². The Labute approximate surface area is 116 Å². The zero-order chi connectivity index (χ0) is 15.2. The quantitative estimate of drug-likeness (QED) is 0.312. The number of alkyl halides is 2. The molecular weight excluding hydrogens is 268 g/mol. The zero-order valence-electron chi connectivity index (χ0n) is 11.4. The summed E-state index contributed by atoms with van der Waals surface area (Å²) >= 11 is 0. The van der Waals surface area contributed by atoms with Crippen LogP contribution in [-0.4, -0.2) is 24.2 Å². The van der Waals surface area contributed by atoms with Gasteiger partial charge in [0.1, 0.15) is 11.6 Å². The molecule has 0 amide bonds. The summed E-state index contributed by atoms with van der Waals surface area (Å²) in [7, 11) is 0. The third kappa shape index (κ3) is 4.91. The lowest BCUT2D eigenvalue weighted by Crippen LogP contribution is -2.33. The summed E-state index contributed by atoms with van der Waals surface area (Å²) in [5.41, 5.74) is 5.93. The van der Waals surface area contributed by atoms with Crippen molar-refractivity contribution in [3.05, 3.63) is 24.3 Å². The largest absolute Gasteiger partial charge is 0.435 e. The van der Waals surface area contributed by atoms with Crippen LogP contribution in [0.1, 0.15) is 20.3 Å². The van der Waals surface area contributed by atoms with Crippen molar-refractivity contribution < 1.29 is 18.7 Å². The second-order valence-electron chi connectivity index (χ2n) is 4.95. The Bertz CT molecular complexity index is 447. The van der Waals surface area contributed by atoms with E-state index in [0.717, 1.165) is 5.69 Å². The molecule has 0 saturated heterocycles. The van der Waals surface area contributed by atoms with Gasteiger partial charge < -0.3 is 21.0 Å². The molecule has 0 fully saturated rings. The lowest BCUT2D eigenvalue weighted by atomic mass is 9.88. The van der Waals surface area contributed by atoms with E-state index in [9.17, 15) is 8.78 Å². The summed E-state index contributed by atoms with van der Waals surface area (Å²) in [5.74, 6) is 0.280. The molecular formula is C13H19F2N3O2. The van der Waals surface area contributed by atoms with Gasteiger partial charge in [0.05, 0.1) is 0 Å². The smallest absolute Gasteiger partial charge is 0.387 e. The molecule has 1 aromatic carbocycles. The molecule has 5 nitrogen and oxygen atoms in total. The third-order valence-electron chi connectivity index (χ3n) is 2.96. The van der Waals surface area contributed by atoms with Gasteiger partial charge in [-0.3, -0.25) is 0 Å². The van der Waals surface area contributed by atoms with Crippen LogP contribution in [0.4, 0.5) is 14.5 Å². The van der Waals surface area contributed by atoms with E-state index in [1.165, 1.54) is 12.1 Å². The first-order valence-electron chi connectivity index (χ1n) is 6.12. The van der Waals surface area contributed by atoms with Gasteiger partial charge in [0.2, 0.25) is 0 Å². The summed E-state index contributed by atoms with van der Waals surface area (Å²) in [4.78, 5) is 0. The minimum Gasteiger partial charge on any atom is -0.435 e. The Kier molecular flexibility index (Phi) is 5.54. The number of rotatable bonds is 7. The van der Waals surface area contributed by atoms with E-state index in [4.69, 9.17) is 10.9 Å². The van der Waals surface area contributed by atoms with Crippen LogP contribution in [0.3, 0.4) is 0 Å². The van der Waals surface area contributed by atoms with Gasteiger partial charge in [-0.25, -0.2) is 0 Å². The monoisotopic (exact) mass is 287 g/mol.